The van der Waals surface area contributed by atoms with Crippen LogP contribution in [0.3, 0.4) is 0 Å². The average Bonchev–Trinajstić information content (AvgIpc) is 2.23. The van der Waals surface area contributed by atoms with Gasteiger partial charge < -0.3 is 15.0 Å². The maximum atomic E-state index is 4.35. The Bertz CT molecular complexity index is 448. The second kappa shape index (κ2) is 7.94. The first-order valence-electron chi connectivity index (χ1n) is 4.33. The molecule has 2 rings (SSSR count). The SMILES string of the molecule is Cc1n[c-]c(C)c(-c2c[c-]ncc2)n1.[Rb+].[W]. The Kier molecular flexibility index (Phi) is 8.30. The number of nitrogens with zero attached hydrogens (tertiary/aromatic N) is 3. The molecular weight excluding hydrogens is 443 g/mol. The molecule has 0 aliphatic carbocycles. The Hall–Kier alpha value is 0.724. The van der Waals surface area contributed by atoms with Crippen LogP contribution in [0.15, 0.2) is 18.3 Å². The zero-order valence-corrected chi connectivity index (χ0v) is 17.3. The van der Waals surface area contributed by atoms with Crippen molar-refractivity contribution in [1.29, 1.82) is 0 Å². The number of hydrogen-bond acceptors (Lipinski definition) is 3. The van der Waals surface area contributed by atoms with E-state index in [-0.39, 0.29) is 79.3 Å². The molecule has 0 aliphatic rings. The van der Waals surface area contributed by atoms with Gasteiger partial charge in [-0.25, -0.2) is 0 Å². The Balaban J connectivity index is 0.00000112. The van der Waals surface area contributed by atoms with Crippen LogP contribution in [0.2, 0.25) is 0 Å². The van der Waals surface area contributed by atoms with Crippen molar-refractivity contribution >= 4 is 0 Å². The van der Waals surface area contributed by atoms with Crippen molar-refractivity contribution in [3.63, 3.8) is 0 Å². The zero-order chi connectivity index (χ0) is 9.97. The van der Waals surface area contributed by atoms with Crippen LogP contribution < -0.4 is 58.2 Å². The molecule has 3 nitrogen and oxygen atoms in total. The molecule has 0 aliphatic heterocycles. The molecule has 2 aromatic rings. The summed E-state index contributed by atoms with van der Waals surface area (Å²) in [4.78, 5) is 12.2. The van der Waals surface area contributed by atoms with Gasteiger partial charge in [0.15, 0.2) is 0 Å². The van der Waals surface area contributed by atoms with Gasteiger partial charge in [0.1, 0.15) is 0 Å². The van der Waals surface area contributed by atoms with Crippen molar-refractivity contribution in [3.05, 3.63) is 42.1 Å². The van der Waals surface area contributed by atoms with Crippen LogP contribution in [0.25, 0.3) is 11.3 Å². The van der Waals surface area contributed by atoms with Gasteiger partial charge in [0.2, 0.25) is 0 Å². The summed E-state index contributed by atoms with van der Waals surface area (Å²) >= 11 is 0. The van der Waals surface area contributed by atoms with Crippen LogP contribution in [-0.2, 0) is 21.1 Å². The third-order valence-electron chi connectivity index (χ3n) is 1.91. The summed E-state index contributed by atoms with van der Waals surface area (Å²) in [5.74, 6) is 0.724. The van der Waals surface area contributed by atoms with Gasteiger partial charge in [0.25, 0.3) is 0 Å². The van der Waals surface area contributed by atoms with Crippen LogP contribution in [-0.4, -0.2) is 15.0 Å². The maximum absolute atomic E-state index is 4.35. The molecule has 2 aromatic heterocycles. The summed E-state index contributed by atoms with van der Waals surface area (Å²) in [7, 11) is 0. The number of aryl methyl sites for hydroxylation is 2. The fraction of sp³-hybridized carbons (Fsp3) is 0.182. The Morgan fingerprint density at radius 1 is 1.25 bits per heavy atom. The van der Waals surface area contributed by atoms with Crippen LogP contribution in [0.4, 0.5) is 0 Å². The number of pyridine rings is 1. The zero-order valence-electron chi connectivity index (χ0n) is 9.48. The van der Waals surface area contributed by atoms with Gasteiger partial charge in [-0.2, -0.15) is 17.7 Å². The maximum Gasteiger partial charge on any atom is 1.00 e. The summed E-state index contributed by atoms with van der Waals surface area (Å²) in [6, 6.07) is 3.71. The van der Waals surface area contributed by atoms with Crippen LogP contribution in [0.5, 0.6) is 0 Å². The first kappa shape index (κ1) is 16.7. The summed E-state index contributed by atoms with van der Waals surface area (Å²) in [6.07, 6.45) is 7.40. The molecular formula is C11H9N3RbW-. The summed E-state index contributed by atoms with van der Waals surface area (Å²) in [6.45, 7) is 3.79. The molecule has 2 heterocycles. The van der Waals surface area contributed by atoms with Crippen molar-refractivity contribution < 1.29 is 79.3 Å². The number of rotatable bonds is 1. The van der Waals surface area contributed by atoms with E-state index in [1.165, 1.54) is 0 Å². The molecule has 0 aromatic carbocycles. The Morgan fingerprint density at radius 3 is 2.62 bits per heavy atom. The minimum atomic E-state index is 0. The van der Waals surface area contributed by atoms with E-state index in [0.29, 0.717) is 0 Å². The molecule has 0 fully saturated rings. The molecule has 0 spiro atoms. The molecule has 0 saturated heterocycles. The first-order valence-corrected chi connectivity index (χ1v) is 4.33. The largest absolute Gasteiger partial charge is 1.00 e. The smallest absolute Gasteiger partial charge is 0.394 e. The normalized spacial score (nSPS) is 8.88. The van der Waals surface area contributed by atoms with Gasteiger partial charge in [-0.15, -0.1) is 5.56 Å². The van der Waals surface area contributed by atoms with Crippen LogP contribution in [0.1, 0.15) is 11.4 Å². The molecule has 0 N–H and O–H groups in total. The molecule has 0 unspecified atom stereocenters. The third kappa shape index (κ3) is 4.19. The van der Waals surface area contributed by atoms with Gasteiger partial charge in [-0.3, -0.25) is 0 Å². The Labute approximate surface area is 159 Å². The van der Waals surface area contributed by atoms with Gasteiger partial charge >= 0.3 is 58.2 Å². The third-order valence-corrected chi connectivity index (χ3v) is 1.91. The van der Waals surface area contributed by atoms with Gasteiger partial charge in [0, 0.05) is 26.9 Å². The van der Waals surface area contributed by atoms with E-state index < -0.39 is 0 Å². The molecule has 0 amide bonds. The Morgan fingerprint density at radius 2 is 2.00 bits per heavy atom. The molecule has 5 heteroatoms. The molecule has 76 valence electrons. The monoisotopic (exact) mass is 452 g/mol. The summed E-state index contributed by atoms with van der Waals surface area (Å²) < 4.78 is 0. The average molecular weight is 453 g/mol. The molecule has 16 heavy (non-hydrogen) atoms. The van der Waals surface area contributed by atoms with Crippen molar-refractivity contribution in [2.75, 3.05) is 0 Å². The van der Waals surface area contributed by atoms with E-state index in [9.17, 15) is 0 Å². The number of aromatic nitrogens is 3. The van der Waals surface area contributed by atoms with E-state index in [1.807, 2.05) is 26.0 Å². The minimum Gasteiger partial charge on any atom is -0.394 e. The quantitative estimate of drug-likeness (QED) is 0.508. The van der Waals surface area contributed by atoms with Crippen molar-refractivity contribution in [2.24, 2.45) is 0 Å². The van der Waals surface area contributed by atoms with Crippen LogP contribution >= 0.6 is 0 Å². The second-order valence-corrected chi connectivity index (χ2v) is 3.03. The molecule has 0 atom stereocenters. The topological polar surface area (TPSA) is 38.7 Å². The fourth-order valence-electron chi connectivity index (χ4n) is 1.23. The summed E-state index contributed by atoms with van der Waals surface area (Å²) in [5, 5.41) is 0. The molecule has 0 bridgehead atoms. The predicted octanol–water partition coefficient (Wildman–Crippen LogP) is -1.24. The van der Waals surface area contributed by atoms with Crippen molar-refractivity contribution in [1.82, 2.24) is 15.0 Å². The predicted molar refractivity (Wildman–Crippen MR) is 52.4 cm³/mol. The van der Waals surface area contributed by atoms with E-state index in [1.54, 1.807) is 6.20 Å². The van der Waals surface area contributed by atoms with Gasteiger partial charge in [0.05, 0.1) is 0 Å². The first-order chi connectivity index (χ1) is 6.77. The van der Waals surface area contributed by atoms with Gasteiger partial charge in [-0.05, 0) is 0 Å². The fourth-order valence-corrected chi connectivity index (χ4v) is 1.23. The minimum absolute atomic E-state index is 0. The van der Waals surface area contributed by atoms with E-state index >= 15 is 0 Å². The van der Waals surface area contributed by atoms with Crippen LogP contribution in [0, 0.1) is 26.2 Å². The standard InChI is InChI=1S/C11H9N3.Rb.W/c1-8-7-13-9(2)14-11(8)10-3-5-12-6-4-10;;/h3-5H,1-2H3;;/q-2;+1;. The van der Waals surface area contributed by atoms with Gasteiger partial charge in [-0.1, -0.05) is 38.1 Å². The van der Waals surface area contributed by atoms with E-state index in [0.717, 1.165) is 22.6 Å². The number of hydrogen-bond donors (Lipinski definition) is 0. The van der Waals surface area contributed by atoms with E-state index in [4.69, 9.17) is 0 Å². The molecule has 0 saturated carbocycles. The summed E-state index contributed by atoms with van der Waals surface area (Å²) in [5.41, 5.74) is 2.84. The molecule has 0 radical (unpaired) electrons. The van der Waals surface area contributed by atoms with Crippen molar-refractivity contribution in [3.8, 4) is 11.3 Å². The second-order valence-electron chi connectivity index (χ2n) is 3.03. The van der Waals surface area contributed by atoms with E-state index in [2.05, 4.69) is 27.3 Å². The van der Waals surface area contributed by atoms with Crippen molar-refractivity contribution in [2.45, 2.75) is 13.8 Å².